The zero-order valence-corrected chi connectivity index (χ0v) is 48.9. The van der Waals surface area contributed by atoms with Crippen molar-refractivity contribution >= 4 is 91.2 Å². The lowest BCUT2D eigenvalue weighted by atomic mass is 10.1. The third-order valence-electron chi connectivity index (χ3n) is 7.71. The minimum absolute atomic E-state index is 0.0228. The highest BCUT2D eigenvalue weighted by Crippen LogP contribution is 2.40. The summed E-state index contributed by atoms with van der Waals surface area (Å²) in [5.74, 6) is -1.10. The number of hydroxylamine groups is 2. The van der Waals surface area contributed by atoms with Crippen molar-refractivity contribution in [3.63, 3.8) is 0 Å². The Labute approximate surface area is 378 Å². The van der Waals surface area contributed by atoms with Crippen LogP contribution in [0.4, 0.5) is 10.5 Å². The molecule has 0 radical (unpaired) electrons. The maximum atomic E-state index is 12.8. The average Bonchev–Trinajstić information content (AvgIpc) is 3.32. The summed E-state index contributed by atoms with van der Waals surface area (Å²) in [5, 5.41) is 12.9. The summed E-state index contributed by atoms with van der Waals surface area (Å²) in [6.07, 6.45) is -1.93. The summed E-state index contributed by atoms with van der Waals surface area (Å²) < 4.78 is 59.2. The molecule has 0 N–H and O–H groups in total. The molecule has 1 aliphatic rings. The van der Waals surface area contributed by atoms with Crippen LogP contribution >= 0.6 is 0 Å². The van der Waals surface area contributed by atoms with Gasteiger partial charge in [-0.3, -0.25) is 24.5 Å². The number of imide groups is 1. The van der Waals surface area contributed by atoms with Crippen LogP contribution in [0.5, 0.6) is 11.5 Å². The van der Waals surface area contributed by atoms with Gasteiger partial charge in [0.1, 0.15) is 6.10 Å². The van der Waals surface area contributed by atoms with Gasteiger partial charge >= 0.3 is 23.8 Å². The van der Waals surface area contributed by atoms with Crippen LogP contribution < -0.4 is 9.47 Å². The summed E-state index contributed by atoms with van der Waals surface area (Å²) in [7, 11) is -19.3. The number of nitrogens with zero attached hydrogens (tertiary/aromatic N) is 2. The molecule has 2 amide bonds. The van der Waals surface area contributed by atoms with Crippen LogP contribution in [0.1, 0.15) is 44.3 Å². The second-order valence-corrected chi connectivity index (χ2v) is 55.3. The summed E-state index contributed by atoms with van der Waals surface area (Å²) in [6, 6.07) is 3.63. The Hall–Kier alpha value is -1.87. The van der Waals surface area contributed by atoms with Crippen LogP contribution in [0.3, 0.4) is 0 Å². The van der Waals surface area contributed by atoms with E-state index in [1.807, 2.05) is 0 Å². The second kappa shape index (κ2) is 21.6. The fraction of sp³-hybridized carbons (Fsp3) is 0.757. The summed E-state index contributed by atoms with van der Waals surface area (Å²) in [4.78, 5) is 53.8. The number of hydrogen-bond acceptors (Lipinski definition) is 15. The second-order valence-electron chi connectivity index (χ2n) is 21.4. The van der Waals surface area contributed by atoms with Gasteiger partial charge in [0.25, 0.3) is 17.5 Å². The monoisotopic (exact) mass is 1010 g/mol. The van der Waals surface area contributed by atoms with E-state index in [4.69, 9.17) is 43.7 Å². The molecule has 356 valence electrons. The minimum atomic E-state index is -3.21. The molecule has 62 heavy (non-hydrogen) atoms. The van der Waals surface area contributed by atoms with Crippen LogP contribution in [-0.2, 0) is 43.9 Å². The number of hydrogen-bond donors (Lipinski definition) is 0. The molecule has 0 aliphatic carbocycles. The number of nitro groups is 1. The van der Waals surface area contributed by atoms with Gasteiger partial charge in [0.05, 0.1) is 29.8 Å². The van der Waals surface area contributed by atoms with Gasteiger partial charge in [0, 0.05) is 24.9 Å². The van der Waals surface area contributed by atoms with E-state index in [-0.39, 0.29) is 43.1 Å². The van der Waals surface area contributed by atoms with E-state index < -0.39 is 102 Å². The number of rotatable bonds is 26. The summed E-state index contributed by atoms with van der Waals surface area (Å²) >= 11 is 0. The van der Waals surface area contributed by atoms with Gasteiger partial charge in [0.15, 0.2) is 61.4 Å². The maximum Gasteiger partial charge on any atom is 0.534 e. The molecule has 2 rings (SSSR count). The third-order valence-corrected chi connectivity index (χ3v) is 31.8. The van der Waals surface area contributed by atoms with Crippen molar-refractivity contribution in [1.29, 1.82) is 0 Å². The lowest BCUT2D eigenvalue weighted by molar-refractivity contribution is -0.386. The first-order valence-electron chi connectivity index (χ1n) is 21.3. The highest BCUT2D eigenvalue weighted by atomic mass is 28.5. The Morgan fingerprint density at radius 1 is 0.613 bits per heavy atom. The van der Waals surface area contributed by atoms with Gasteiger partial charge in [0.2, 0.25) is 0 Å². The van der Waals surface area contributed by atoms with Crippen LogP contribution in [0, 0.1) is 10.1 Å². The van der Waals surface area contributed by atoms with Gasteiger partial charge in [-0.15, -0.1) is 0 Å². The van der Waals surface area contributed by atoms with Crippen molar-refractivity contribution in [2.75, 3.05) is 13.2 Å². The Morgan fingerprint density at radius 2 is 0.935 bits per heavy atom. The number of nitro benzene ring substituents is 1. The topological polar surface area (TPSA) is 190 Å². The zero-order valence-electron chi connectivity index (χ0n) is 40.9. The van der Waals surface area contributed by atoms with Gasteiger partial charge in [-0.1, -0.05) is 5.06 Å². The first-order chi connectivity index (χ1) is 27.8. The smallest absolute Gasteiger partial charge is 0.490 e. The molecular formula is C37H76N2O15Si8. The van der Waals surface area contributed by atoms with Crippen molar-refractivity contribution in [1.82, 2.24) is 5.06 Å². The molecule has 1 saturated heterocycles. The number of carbonyl (C=O) groups excluding carboxylic acids is 3. The van der Waals surface area contributed by atoms with Gasteiger partial charge in [-0.05, 0) is 144 Å². The Morgan fingerprint density at radius 3 is 1.24 bits per heavy atom. The average molecular weight is 1010 g/mol. The Bertz CT molecular complexity index is 1620. The number of amides is 2. The fourth-order valence-corrected chi connectivity index (χ4v) is 35.7. The molecule has 1 atom stereocenters. The molecule has 0 spiro atoms. The van der Waals surface area contributed by atoms with E-state index in [0.717, 1.165) is 0 Å². The fourth-order valence-electron chi connectivity index (χ4n) is 6.41. The van der Waals surface area contributed by atoms with Crippen molar-refractivity contribution < 1.29 is 63.0 Å². The molecule has 0 saturated carbocycles. The Kier molecular flexibility index (Phi) is 19.6. The van der Waals surface area contributed by atoms with Crippen LogP contribution in [-0.4, -0.2) is 109 Å². The molecule has 0 aromatic heterocycles. The van der Waals surface area contributed by atoms with Crippen molar-refractivity contribution in [2.45, 2.75) is 169 Å². The maximum absolute atomic E-state index is 12.8. The van der Waals surface area contributed by atoms with Gasteiger partial charge in [-0.2, -0.15) is 0 Å². The SMILES string of the molecule is CC(OC(=O)ON1C(=O)CCC1=O)c1cc(OCCC[Si](O[Si](C)(C)C)(O[Si](C)(C)C)O[Si](C)(C)C)c(OCCC[Si](O[Si](C)(C)C)(O[Si](C)(C)C)O[Si](C)(C)C)cc1[N+](=O)[O-]. The van der Waals surface area contributed by atoms with Crippen LogP contribution in [0.25, 0.3) is 0 Å². The lowest BCUT2D eigenvalue weighted by Crippen LogP contribution is -2.60. The number of carbonyl (C=O) groups is 3. The molecule has 25 heteroatoms. The number of benzene rings is 1. The van der Waals surface area contributed by atoms with E-state index in [1.165, 1.54) is 19.1 Å². The minimum Gasteiger partial charge on any atom is -0.490 e. The molecule has 1 unspecified atom stereocenters. The standard InChI is InChI=1S/C37H76N2O15Si8/c1-30(47-37(42)48-38-35(40)22-23-36(38)41)31-28-33(45-24-20-26-61(49-55(2,3)4,50-56(5,6)7)51-57(8,9)10)34(29-32(31)39(43)44)46-25-21-27-62(52-58(11,12)13,53-59(14,15)16)54-60(17,18)19/h28-30H,20-27H2,1-19H3. The van der Waals surface area contributed by atoms with Gasteiger partial charge < -0.3 is 38.9 Å². The molecule has 1 aromatic rings. The molecule has 0 bridgehead atoms. The van der Waals surface area contributed by atoms with E-state index in [9.17, 15) is 24.5 Å². The molecule has 1 aliphatic heterocycles. The molecule has 1 fully saturated rings. The summed E-state index contributed by atoms with van der Waals surface area (Å²) in [6.45, 7) is 39.8. The van der Waals surface area contributed by atoms with Gasteiger partial charge in [-0.25, -0.2) is 4.79 Å². The quantitative estimate of drug-likeness (QED) is 0.0213. The lowest BCUT2D eigenvalue weighted by Gasteiger charge is -2.43. The highest BCUT2D eigenvalue weighted by molar-refractivity contribution is 6.91. The van der Waals surface area contributed by atoms with E-state index in [0.29, 0.717) is 30.0 Å². The van der Waals surface area contributed by atoms with Crippen molar-refractivity contribution in [2.24, 2.45) is 0 Å². The van der Waals surface area contributed by atoms with Crippen molar-refractivity contribution in [3.8, 4) is 11.5 Å². The van der Waals surface area contributed by atoms with E-state index in [1.54, 1.807) is 0 Å². The van der Waals surface area contributed by atoms with Crippen LogP contribution in [0.2, 0.25) is 130 Å². The molecule has 17 nitrogen and oxygen atoms in total. The largest absolute Gasteiger partial charge is 0.534 e. The van der Waals surface area contributed by atoms with Crippen molar-refractivity contribution in [3.05, 3.63) is 27.8 Å². The zero-order chi connectivity index (χ0) is 47.9. The summed E-state index contributed by atoms with van der Waals surface area (Å²) in [5.41, 5.74) is -0.428. The van der Waals surface area contributed by atoms with E-state index >= 15 is 0 Å². The first-order valence-corrected chi connectivity index (χ1v) is 45.7. The Balaban J connectivity index is 2.56. The molecule has 1 aromatic carbocycles. The normalized spacial score (nSPS) is 15.5. The highest BCUT2D eigenvalue weighted by Gasteiger charge is 2.51. The third kappa shape index (κ3) is 21.0. The molecular weight excluding hydrogens is 937 g/mol. The predicted octanol–water partition coefficient (Wildman–Crippen LogP) is 10.4. The predicted molar refractivity (Wildman–Crippen MR) is 258 cm³/mol. The molecule has 1 heterocycles. The van der Waals surface area contributed by atoms with E-state index in [2.05, 4.69) is 118 Å². The first kappa shape index (κ1) is 56.3. The van der Waals surface area contributed by atoms with Crippen LogP contribution in [0.15, 0.2) is 12.1 Å². The number of ether oxygens (including phenoxy) is 3.